The van der Waals surface area contributed by atoms with Gasteiger partial charge in [0.15, 0.2) is 12.6 Å². The molecule has 0 aromatic heterocycles. The summed E-state index contributed by atoms with van der Waals surface area (Å²) < 4.78 is 25.7. The molecule has 2 N–H and O–H groups in total. The average Bonchev–Trinajstić information content (AvgIpc) is 3.54. The maximum atomic E-state index is 11.4. The topological polar surface area (TPSA) is 77.4 Å². The standard InChI is InChI=1S/C32H56O6/c33-25-27-28(36-31(35-27)23-19-15-11-7-3-1-4-8-12-16-20-23)26(34)30-29(25)37-32(38-30)24-21-17-13-9-5-2-6-10-14-18-22-24/h23-34H,1-22H2/t25-,26-,27-,28-,29-,30+,31?,32?/m0/s1. The number of hydrogen-bond acceptors (Lipinski definition) is 6. The van der Waals surface area contributed by atoms with E-state index in [2.05, 4.69) is 0 Å². The molecule has 3 saturated carbocycles. The zero-order valence-electron chi connectivity index (χ0n) is 23.9. The molecule has 38 heavy (non-hydrogen) atoms. The Morgan fingerprint density at radius 1 is 0.316 bits per heavy atom. The van der Waals surface area contributed by atoms with Crippen LogP contribution >= 0.6 is 0 Å². The second-order valence-corrected chi connectivity index (χ2v) is 13.2. The van der Waals surface area contributed by atoms with Crippen LogP contribution in [0.4, 0.5) is 0 Å². The maximum absolute atomic E-state index is 11.4. The van der Waals surface area contributed by atoms with Crippen molar-refractivity contribution in [2.75, 3.05) is 0 Å². The van der Waals surface area contributed by atoms with Crippen molar-refractivity contribution in [2.45, 2.75) is 190 Å². The monoisotopic (exact) mass is 536 g/mol. The highest BCUT2D eigenvalue weighted by atomic mass is 16.8. The number of rotatable bonds is 2. The van der Waals surface area contributed by atoms with E-state index in [9.17, 15) is 10.2 Å². The molecule has 0 aromatic rings. The third-order valence-electron chi connectivity index (χ3n) is 10.2. The van der Waals surface area contributed by atoms with Gasteiger partial charge in [-0.15, -0.1) is 0 Å². The lowest BCUT2D eigenvalue weighted by Crippen LogP contribution is -2.61. The molecule has 3 aliphatic carbocycles. The van der Waals surface area contributed by atoms with Crippen LogP contribution in [-0.4, -0.2) is 59.4 Å². The quantitative estimate of drug-likeness (QED) is 0.405. The molecule has 0 bridgehead atoms. The molecule has 2 saturated heterocycles. The van der Waals surface area contributed by atoms with E-state index in [4.69, 9.17) is 18.9 Å². The first-order valence-electron chi connectivity index (χ1n) is 16.7. The second kappa shape index (κ2) is 15.1. The molecular formula is C32H56O6. The van der Waals surface area contributed by atoms with Gasteiger partial charge in [0, 0.05) is 11.8 Å². The van der Waals surface area contributed by atoms with Gasteiger partial charge in [-0.3, -0.25) is 0 Å². The van der Waals surface area contributed by atoms with Gasteiger partial charge in [-0.2, -0.15) is 0 Å². The van der Waals surface area contributed by atoms with E-state index in [1.54, 1.807) is 0 Å². The Kier molecular flexibility index (Phi) is 11.6. The Morgan fingerprint density at radius 2 is 0.526 bits per heavy atom. The van der Waals surface area contributed by atoms with Gasteiger partial charge in [-0.05, 0) is 25.7 Å². The van der Waals surface area contributed by atoms with Crippen LogP contribution in [0.3, 0.4) is 0 Å². The molecule has 5 aliphatic rings. The van der Waals surface area contributed by atoms with E-state index in [-0.39, 0.29) is 12.6 Å². The van der Waals surface area contributed by atoms with Crippen LogP contribution in [0.25, 0.3) is 0 Å². The van der Waals surface area contributed by atoms with Crippen molar-refractivity contribution in [3.05, 3.63) is 0 Å². The number of fused-ring (bicyclic) bond motifs is 2. The van der Waals surface area contributed by atoms with E-state index in [0.717, 1.165) is 25.7 Å². The molecule has 2 unspecified atom stereocenters. The molecule has 2 heterocycles. The van der Waals surface area contributed by atoms with Gasteiger partial charge in [-0.25, -0.2) is 0 Å². The Balaban J connectivity index is 1.18. The van der Waals surface area contributed by atoms with Gasteiger partial charge in [0.2, 0.25) is 0 Å². The molecule has 0 spiro atoms. The normalized spacial score (nSPS) is 42.2. The Morgan fingerprint density at radius 3 is 0.763 bits per heavy atom. The van der Waals surface area contributed by atoms with Crippen molar-refractivity contribution >= 4 is 0 Å². The lowest BCUT2D eigenvalue weighted by atomic mass is 9.85. The Labute approximate surface area is 231 Å². The maximum Gasteiger partial charge on any atom is 0.161 e. The summed E-state index contributed by atoms with van der Waals surface area (Å²) in [5.41, 5.74) is 0. The second-order valence-electron chi connectivity index (χ2n) is 13.2. The first kappa shape index (κ1) is 29.3. The lowest BCUT2D eigenvalue weighted by molar-refractivity contribution is -0.152. The minimum absolute atomic E-state index is 0.324. The van der Waals surface area contributed by atoms with Crippen LogP contribution in [0.2, 0.25) is 0 Å². The number of aliphatic hydroxyl groups is 2. The molecule has 5 fully saturated rings. The molecule has 0 amide bonds. The van der Waals surface area contributed by atoms with Crippen molar-refractivity contribution in [2.24, 2.45) is 11.8 Å². The fourth-order valence-electron chi connectivity index (χ4n) is 7.85. The number of ether oxygens (including phenoxy) is 4. The van der Waals surface area contributed by atoms with Crippen LogP contribution in [-0.2, 0) is 18.9 Å². The Hall–Kier alpha value is -0.240. The first-order valence-corrected chi connectivity index (χ1v) is 16.7. The van der Waals surface area contributed by atoms with Crippen molar-refractivity contribution in [1.82, 2.24) is 0 Å². The van der Waals surface area contributed by atoms with Gasteiger partial charge in [0.25, 0.3) is 0 Å². The van der Waals surface area contributed by atoms with E-state index in [0.29, 0.717) is 11.8 Å². The predicted octanol–water partition coefficient (Wildman–Crippen LogP) is 6.78. The molecular weight excluding hydrogens is 480 g/mol. The number of hydrogen-bond donors (Lipinski definition) is 2. The minimum Gasteiger partial charge on any atom is -0.387 e. The fraction of sp³-hybridized carbons (Fsp3) is 1.00. The zero-order chi connectivity index (χ0) is 26.2. The van der Waals surface area contributed by atoms with Gasteiger partial charge in [0.05, 0.1) is 0 Å². The summed E-state index contributed by atoms with van der Waals surface area (Å²) in [7, 11) is 0. The molecule has 8 atom stereocenters. The highest BCUT2D eigenvalue weighted by Crippen LogP contribution is 2.44. The molecule has 5 rings (SSSR count). The highest BCUT2D eigenvalue weighted by molar-refractivity contribution is 5.06. The summed E-state index contributed by atoms with van der Waals surface area (Å²) in [4.78, 5) is 0. The van der Waals surface area contributed by atoms with Crippen LogP contribution in [0.5, 0.6) is 0 Å². The van der Waals surface area contributed by atoms with E-state index >= 15 is 0 Å². The SMILES string of the molecule is O[C@@H]1[C@H]2OC(C3CCCCCCCCCCC3)O[C@H]2[C@@H](O)[C@@H]2OC(C3CCCCCCCCCCC3)O[C@@H]12. The summed E-state index contributed by atoms with van der Waals surface area (Å²) >= 11 is 0. The largest absolute Gasteiger partial charge is 0.387 e. The molecule has 0 radical (unpaired) electrons. The smallest absolute Gasteiger partial charge is 0.161 e. The predicted molar refractivity (Wildman–Crippen MR) is 148 cm³/mol. The zero-order valence-corrected chi connectivity index (χ0v) is 23.9. The van der Waals surface area contributed by atoms with Crippen molar-refractivity contribution in [1.29, 1.82) is 0 Å². The van der Waals surface area contributed by atoms with Crippen LogP contribution in [0, 0.1) is 11.8 Å². The third kappa shape index (κ3) is 7.53. The molecule has 6 nitrogen and oxygen atoms in total. The third-order valence-corrected chi connectivity index (χ3v) is 10.2. The minimum atomic E-state index is -0.833. The van der Waals surface area contributed by atoms with E-state index in [1.165, 1.54) is 116 Å². The lowest BCUT2D eigenvalue weighted by Gasteiger charge is -2.38. The summed E-state index contributed by atoms with van der Waals surface area (Å²) in [6.07, 6.45) is 23.2. The summed E-state index contributed by atoms with van der Waals surface area (Å²) in [5, 5.41) is 22.8. The summed E-state index contributed by atoms with van der Waals surface area (Å²) in [5.74, 6) is 0.648. The van der Waals surface area contributed by atoms with Crippen LogP contribution in [0.15, 0.2) is 0 Å². The van der Waals surface area contributed by atoms with Gasteiger partial charge >= 0.3 is 0 Å². The first-order chi connectivity index (χ1) is 18.7. The van der Waals surface area contributed by atoms with Crippen LogP contribution < -0.4 is 0 Å². The molecule has 220 valence electrons. The number of aliphatic hydroxyl groups excluding tert-OH is 2. The molecule has 2 aliphatic heterocycles. The van der Waals surface area contributed by atoms with Crippen molar-refractivity contribution in [3.8, 4) is 0 Å². The van der Waals surface area contributed by atoms with E-state index in [1.807, 2.05) is 0 Å². The van der Waals surface area contributed by atoms with Crippen LogP contribution in [0.1, 0.15) is 141 Å². The van der Waals surface area contributed by atoms with Gasteiger partial charge in [-0.1, -0.05) is 116 Å². The summed E-state index contributed by atoms with van der Waals surface area (Å²) in [6.45, 7) is 0. The highest BCUT2D eigenvalue weighted by Gasteiger charge is 2.61. The van der Waals surface area contributed by atoms with E-state index < -0.39 is 36.6 Å². The summed E-state index contributed by atoms with van der Waals surface area (Å²) in [6, 6.07) is 0. The average molecular weight is 537 g/mol. The van der Waals surface area contributed by atoms with Gasteiger partial charge < -0.3 is 29.2 Å². The molecule has 6 heteroatoms. The van der Waals surface area contributed by atoms with Crippen molar-refractivity contribution < 1.29 is 29.2 Å². The van der Waals surface area contributed by atoms with Gasteiger partial charge in [0.1, 0.15) is 36.6 Å². The fourth-order valence-corrected chi connectivity index (χ4v) is 7.85. The molecule has 0 aromatic carbocycles. The Bertz CT molecular complexity index is 570. The van der Waals surface area contributed by atoms with Crippen molar-refractivity contribution in [3.63, 3.8) is 0 Å².